The Morgan fingerprint density at radius 1 is 0.932 bits per heavy atom. The summed E-state index contributed by atoms with van der Waals surface area (Å²) in [5.41, 5.74) is 2.75. The average Bonchev–Trinajstić information content (AvgIpc) is 3.47. The molecular weight excluding hydrogens is 556 g/mol. The van der Waals surface area contributed by atoms with Gasteiger partial charge in [0.05, 0.1) is 0 Å². The molecule has 4 aromatic rings. The molecule has 8 heteroatoms. The predicted octanol–water partition coefficient (Wildman–Crippen LogP) is 5.97. The SMILES string of the molecule is CC(C)CN(C(=O)NC(Cc1ccc(-c2cccc3ccccc23)cc1)C(=O)Oc1ccc2c(c1)CCC2)C(C)(O)C(=O)O. The number of carboxylic acid groups (broad SMARTS) is 1. The lowest BCUT2D eigenvalue weighted by Gasteiger charge is -2.35. The summed E-state index contributed by atoms with van der Waals surface area (Å²) < 4.78 is 5.76. The molecule has 1 aliphatic carbocycles. The minimum Gasteiger partial charge on any atom is -0.478 e. The molecular formula is C36H38N2O6. The van der Waals surface area contributed by atoms with Crippen LogP contribution in [0, 0.1) is 5.92 Å². The second-order valence-corrected chi connectivity index (χ2v) is 12.0. The number of aliphatic carboxylic acids is 1. The summed E-state index contributed by atoms with van der Waals surface area (Å²) in [5.74, 6) is -2.02. The number of amides is 2. The molecule has 0 heterocycles. The first-order valence-corrected chi connectivity index (χ1v) is 15.0. The fraction of sp³-hybridized carbons (Fsp3) is 0.306. The van der Waals surface area contributed by atoms with Gasteiger partial charge in [-0.25, -0.2) is 14.4 Å². The number of ether oxygens (including phenoxy) is 1. The lowest BCUT2D eigenvalue weighted by molar-refractivity contribution is -0.173. The summed E-state index contributed by atoms with van der Waals surface area (Å²) in [6.45, 7) is 4.60. The van der Waals surface area contributed by atoms with Crippen molar-refractivity contribution in [1.29, 1.82) is 0 Å². The molecule has 1 aliphatic rings. The van der Waals surface area contributed by atoms with E-state index in [2.05, 4.69) is 29.6 Å². The average molecular weight is 595 g/mol. The standard InChI is InChI=1S/C36H38N2O6/c1-23(2)22-38(36(3,43)34(40)41)35(42)37-32(33(39)44-29-19-18-25-9-6-11-28(25)21-29)20-24-14-16-27(17-15-24)31-13-7-10-26-8-4-5-12-30(26)31/h4-5,7-8,10,12-19,21,23,32,43H,6,9,11,20,22H2,1-3H3,(H,37,42)(H,40,41). The molecule has 8 nitrogen and oxygen atoms in total. The van der Waals surface area contributed by atoms with E-state index in [0.717, 1.165) is 64.1 Å². The minimum absolute atomic E-state index is 0.0442. The van der Waals surface area contributed by atoms with Crippen LogP contribution in [0.1, 0.15) is 43.9 Å². The van der Waals surface area contributed by atoms with Gasteiger partial charge in [-0.15, -0.1) is 0 Å². The van der Waals surface area contributed by atoms with Gasteiger partial charge in [0.2, 0.25) is 5.72 Å². The van der Waals surface area contributed by atoms with E-state index in [1.807, 2.05) is 54.6 Å². The van der Waals surface area contributed by atoms with Gasteiger partial charge in [0.25, 0.3) is 0 Å². The smallest absolute Gasteiger partial charge is 0.357 e. The van der Waals surface area contributed by atoms with Crippen molar-refractivity contribution in [3.63, 3.8) is 0 Å². The van der Waals surface area contributed by atoms with Gasteiger partial charge >= 0.3 is 18.0 Å². The van der Waals surface area contributed by atoms with Gasteiger partial charge in [-0.3, -0.25) is 4.90 Å². The molecule has 4 aromatic carbocycles. The first-order chi connectivity index (χ1) is 21.0. The van der Waals surface area contributed by atoms with Crippen LogP contribution in [0.4, 0.5) is 4.79 Å². The first kappa shape index (κ1) is 30.8. The number of carbonyl (C=O) groups excluding carboxylic acids is 2. The highest BCUT2D eigenvalue weighted by molar-refractivity contribution is 5.96. The summed E-state index contributed by atoms with van der Waals surface area (Å²) >= 11 is 0. The number of nitrogens with one attached hydrogen (secondary N) is 1. The zero-order chi connectivity index (χ0) is 31.4. The third-order valence-corrected chi connectivity index (χ3v) is 8.09. The largest absolute Gasteiger partial charge is 0.478 e. The monoisotopic (exact) mass is 594 g/mol. The van der Waals surface area contributed by atoms with E-state index in [0.29, 0.717) is 5.75 Å². The number of aliphatic hydroxyl groups is 1. The highest BCUT2D eigenvalue weighted by atomic mass is 16.5. The Morgan fingerprint density at radius 3 is 2.36 bits per heavy atom. The summed E-state index contributed by atoms with van der Waals surface area (Å²) in [6, 6.07) is 25.6. The van der Waals surface area contributed by atoms with Gasteiger partial charge in [-0.2, -0.15) is 0 Å². The quantitative estimate of drug-likeness (QED) is 0.118. The molecule has 0 saturated carbocycles. The number of carbonyl (C=O) groups is 3. The molecule has 2 amide bonds. The molecule has 0 spiro atoms. The maximum absolute atomic E-state index is 13.6. The van der Waals surface area contributed by atoms with Gasteiger partial charge in [0, 0.05) is 13.0 Å². The van der Waals surface area contributed by atoms with Crippen LogP contribution in [0.2, 0.25) is 0 Å². The minimum atomic E-state index is -2.48. The van der Waals surface area contributed by atoms with Crippen LogP contribution >= 0.6 is 0 Å². The molecule has 0 fully saturated rings. The number of benzene rings is 4. The second kappa shape index (κ2) is 12.9. The van der Waals surface area contributed by atoms with Crippen LogP contribution in [0.5, 0.6) is 5.75 Å². The number of aryl methyl sites for hydroxylation is 2. The third-order valence-electron chi connectivity index (χ3n) is 8.09. The Balaban J connectivity index is 1.41. The number of esters is 1. The number of hydrogen-bond donors (Lipinski definition) is 3. The topological polar surface area (TPSA) is 116 Å². The van der Waals surface area contributed by atoms with Crippen molar-refractivity contribution in [2.45, 2.75) is 58.2 Å². The number of urea groups is 1. The highest BCUT2D eigenvalue weighted by Gasteiger charge is 2.42. The first-order valence-electron chi connectivity index (χ1n) is 15.0. The summed E-state index contributed by atoms with van der Waals surface area (Å²) in [5, 5.41) is 25.3. The Hall–Kier alpha value is -4.69. The van der Waals surface area contributed by atoms with E-state index in [9.17, 15) is 24.6 Å². The molecule has 2 unspecified atom stereocenters. The number of nitrogens with zero attached hydrogens (tertiary/aromatic N) is 1. The molecule has 3 N–H and O–H groups in total. The molecule has 0 bridgehead atoms. The Kier molecular flexibility index (Phi) is 9.01. The third kappa shape index (κ3) is 6.76. The van der Waals surface area contributed by atoms with E-state index < -0.39 is 29.7 Å². The number of carboxylic acids is 1. The number of hydrogen-bond acceptors (Lipinski definition) is 5. The molecule has 44 heavy (non-hydrogen) atoms. The lowest BCUT2D eigenvalue weighted by atomic mass is 9.96. The molecule has 0 aliphatic heterocycles. The van der Waals surface area contributed by atoms with Crippen LogP contribution < -0.4 is 10.1 Å². The van der Waals surface area contributed by atoms with Crippen molar-refractivity contribution >= 4 is 28.7 Å². The van der Waals surface area contributed by atoms with E-state index >= 15 is 0 Å². The maximum atomic E-state index is 13.6. The zero-order valence-electron chi connectivity index (χ0n) is 25.2. The van der Waals surface area contributed by atoms with Gasteiger partial charge in [0.1, 0.15) is 11.8 Å². The van der Waals surface area contributed by atoms with E-state index in [1.165, 1.54) is 5.56 Å². The summed E-state index contributed by atoms with van der Waals surface area (Å²) in [7, 11) is 0. The summed E-state index contributed by atoms with van der Waals surface area (Å²) in [6.07, 6.45) is 3.05. The molecule has 5 rings (SSSR count). The van der Waals surface area contributed by atoms with Crippen molar-refractivity contribution in [2.24, 2.45) is 5.92 Å². The normalized spacial score (nSPS) is 14.5. The van der Waals surface area contributed by atoms with Crippen LogP contribution in [0.25, 0.3) is 21.9 Å². The summed E-state index contributed by atoms with van der Waals surface area (Å²) in [4.78, 5) is 39.8. The van der Waals surface area contributed by atoms with E-state index in [1.54, 1.807) is 19.9 Å². The number of rotatable bonds is 10. The van der Waals surface area contributed by atoms with Crippen molar-refractivity contribution in [3.05, 3.63) is 102 Å². The zero-order valence-corrected chi connectivity index (χ0v) is 25.2. The van der Waals surface area contributed by atoms with Crippen molar-refractivity contribution < 1.29 is 29.3 Å². The molecule has 0 saturated heterocycles. The molecule has 0 radical (unpaired) electrons. The van der Waals surface area contributed by atoms with Gasteiger partial charge in [-0.1, -0.05) is 86.6 Å². The predicted molar refractivity (Wildman–Crippen MR) is 169 cm³/mol. The maximum Gasteiger partial charge on any atom is 0.357 e. The van der Waals surface area contributed by atoms with E-state index in [4.69, 9.17) is 4.74 Å². The fourth-order valence-electron chi connectivity index (χ4n) is 5.69. The van der Waals surface area contributed by atoms with Crippen molar-refractivity contribution in [2.75, 3.05) is 6.54 Å². The molecule has 228 valence electrons. The Bertz CT molecular complexity index is 1670. The van der Waals surface area contributed by atoms with Gasteiger partial charge < -0.3 is 20.3 Å². The van der Waals surface area contributed by atoms with Crippen LogP contribution in [-0.4, -0.2) is 51.4 Å². The van der Waals surface area contributed by atoms with Crippen molar-refractivity contribution in [3.8, 4) is 16.9 Å². The highest BCUT2D eigenvalue weighted by Crippen LogP contribution is 2.29. The Morgan fingerprint density at radius 2 is 1.64 bits per heavy atom. The van der Waals surface area contributed by atoms with Gasteiger partial charge in [0.15, 0.2) is 0 Å². The molecule has 2 atom stereocenters. The number of fused-ring (bicyclic) bond motifs is 2. The fourth-order valence-corrected chi connectivity index (χ4v) is 5.69. The van der Waals surface area contributed by atoms with Crippen LogP contribution in [-0.2, 0) is 28.9 Å². The Labute approximate surface area is 257 Å². The van der Waals surface area contributed by atoms with Crippen LogP contribution in [0.15, 0.2) is 84.9 Å². The van der Waals surface area contributed by atoms with E-state index in [-0.39, 0.29) is 18.9 Å². The van der Waals surface area contributed by atoms with Crippen molar-refractivity contribution in [1.82, 2.24) is 10.2 Å². The molecule has 0 aromatic heterocycles. The van der Waals surface area contributed by atoms with Gasteiger partial charge in [-0.05, 0) is 82.8 Å². The second-order valence-electron chi connectivity index (χ2n) is 12.0. The van der Waals surface area contributed by atoms with Crippen LogP contribution in [0.3, 0.4) is 0 Å². The lowest BCUT2D eigenvalue weighted by Crippen LogP contribution is -2.61.